The van der Waals surface area contributed by atoms with E-state index in [1.807, 2.05) is 55.5 Å². The molecule has 4 rings (SSSR count). The molecule has 0 fully saturated rings. The molecule has 0 saturated carbocycles. The van der Waals surface area contributed by atoms with Gasteiger partial charge in [0, 0.05) is 22.3 Å². The van der Waals surface area contributed by atoms with E-state index in [1.54, 1.807) is 38.5 Å². The number of hydrogen-bond acceptors (Lipinski definition) is 6. The molecule has 0 bridgehead atoms. The molecule has 0 aliphatic rings. The summed E-state index contributed by atoms with van der Waals surface area (Å²) >= 11 is 0. The molecule has 0 aliphatic heterocycles. The minimum absolute atomic E-state index is 0.204. The summed E-state index contributed by atoms with van der Waals surface area (Å²) in [6, 6.07) is 21.8. The lowest BCUT2D eigenvalue weighted by Gasteiger charge is -2.18. The lowest BCUT2D eigenvalue weighted by Crippen LogP contribution is -2.26. The molecule has 0 saturated heterocycles. The first-order chi connectivity index (χ1) is 15.6. The summed E-state index contributed by atoms with van der Waals surface area (Å²) in [7, 11) is 3.20. The van der Waals surface area contributed by atoms with Crippen molar-refractivity contribution >= 4 is 5.91 Å². The maximum absolute atomic E-state index is 12.8. The molecule has 0 radical (unpaired) electrons. The van der Waals surface area contributed by atoms with Crippen molar-refractivity contribution < 1.29 is 18.7 Å². The monoisotopic (exact) mass is 429 g/mol. The van der Waals surface area contributed by atoms with Crippen LogP contribution in [-0.4, -0.2) is 30.3 Å². The third-order valence-electron chi connectivity index (χ3n) is 5.09. The number of hydrogen-bond donors (Lipinski definition) is 1. The molecule has 1 N–H and O–H groups in total. The van der Waals surface area contributed by atoms with Gasteiger partial charge in [-0.15, -0.1) is 10.2 Å². The lowest BCUT2D eigenvalue weighted by atomic mass is 10.1. The standard InChI is InChI=1S/C25H23N3O4/c1-16(21-15-20(30-2)13-14-22(21)31-3)26-23(29)17-9-11-19(12-10-17)25-28-27-24(32-25)18-7-5-4-6-8-18/h4-16H,1-3H3,(H,26,29)/t16-/m1/s1. The van der Waals surface area contributed by atoms with E-state index in [4.69, 9.17) is 13.9 Å². The van der Waals surface area contributed by atoms with Crippen molar-refractivity contribution in [2.24, 2.45) is 0 Å². The Morgan fingerprint density at radius 2 is 1.53 bits per heavy atom. The van der Waals surface area contributed by atoms with E-state index in [9.17, 15) is 4.79 Å². The van der Waals surface area contributed by atoms with Crippen LogP contribution in [0.3, 0.4) is 0 Å². The van der Waals surface area contributed by atoms with Gasteiger partial charge < -0.3 is 19.2 Å². The zero-order chi connectivity index (χ0) is 22.5. The fourth-order valence-electron chi connectivity index (χ4n) is 3.34. The summed E-state index contributed by atoms with van der Waals surface area (Å²) in [5, 5.41) is 11.2. The van der Waals surface area contributed by atoms with Crippen LogP contribution in [-0.2, 0) is 0 Å². The smallest absolute Gasteiger partial charge is 0.251 e. The molecular formula is C25H23N3O4. The van der Waals surface area contributed by atoms with Crippen LogP contribution in [0.4, 0.5) is 0 Å². The molecule has 3 aromatic carbocycles. The number of ether oxygens (including phenoxy) is 2. The number of carbonyl (C=O) groups is 1. The Bertz CT molecular complexity index is 1200. The van der Waals surface area contributed by atoms with E-state index < -0.39 is 0 Å². The molecule has 7 heteroatoms. The second kappa shape index (κ2) is 9.34. The van der Waals surface area contributed by atoms with Gasteiger partial charge in [-0.1, -0.05) is 18.2 Å². The fourth-order valence-corrected chi connectivity index (χ4v) is 3.34. The van der Waals surface area contributed by atoms with Gasteiger partial charge in [-0.05, 0) is 61.5 Å². The quantitative estimate of drug-likeness (QED) is 0.449. The molecule has 7 nitrogen and oxygen atoms in total. The summed E-state index contributed by atoms with van der Waals surface area (Å²) in [4.78, 5) is 12.8. The minimum atomic E-state index is -0.281. The van der Waals surface area contributed by atoms with Gasteiger partial charge in [0.2, 0.25) is 11.8 Å². The van der Waals surface area contributed by atoms with Crippen LogP contribution in [0.2, 0.25) is 0 Å². The predicted octanol–water partition coefficient (Wildman–Crippen LogP) is 4.91. The Labute approximate surface area is 186 Å². The van der Waals surface area contributed by atoms with Crippen LogP contribution in [0, 0.1) is 0 Å². The van der Waals surface area contributed by atoms with Gasteiger partial charge in [0.15, 0.2) is 0 Å². The maximum Gasteiger partial charge on any atom is 0.251 e. The largest absolute Gasteiger partial charge is 0.497 e. The topological polar surface area (TPSA) is 86.5 Å². The van der Waals surface area contributed by atoms with E-state index in [-0.39, 0.29) is 11.9 Å². The number of aromatic nitrogens is 2. The van der Waals surface area contributed by atoms with Crippen LogP contribution in [0.1, 0.15) is 28.9 Å². The van der Waals surface area contributed by atoms with Crippen molar-refractivity contribution in [3.63, 3.8) is 0 Å². The summed E-state index contributed by atoms with van der Waals surface area (Å²) in [5.74, 6) is 2.01. The van der Waals surface area contributed by atoms with Crippen molar-refractivity contribution in [1.82, 2.24) is 15.5 Å². The highest BCUT2D eigenvalue weighted by Crippen LogP contribution is 2.29. The van der Waals surface area contributed by atoms with Gasteiger partial charge in [0.05, 0.1) is 20.3 Å². The molecule has 162 valence electrons. The fraction of sp³-hybridized carbons (Fsp3) is 0.160. The molecule has 1 aromatic heterocycles. The first-order valence-electron chi connectivity index (χ1n) is 10.1. The van der Waals surface area contributed by atoms with Crippen molar-refractivity contribution in [2.45, 2.75) is 13.0 Å². The highest BCUT2D eigenvalue weighted by Gasteiger charge is 2.17. The SMILES string of the molecule is COc1ccc(OC)c([C@@H](C)NC(=O)c2ccc(-c3nnc(-c4ccccc4)o3)cc2)c1. The Hall–Kier alpha value is -4.13. The molecule has 0 unspecified atom stereocenters. The molecule has 4 aromatic rings. The van der Waals surface area contributed by atoms with Crippen LogP contribution < -0.4 is 14.8 Å². The summed E-state index contributed by atoms with van der Waals surface area (Å²) in [6.45, 7) is 1.90. The zero-order valence-corrected chi connectivity index (χ0v) is 18.0. The second-order valence-electron chi connectivity index (χ2n) is 7.16. The minimum Gasteiger partial charge on any atom is -0.497 e. The number of nitrogens with zero attached hydrogens (tertiary/aromatic N) is 2. The summed E-state index contributed by atoms with van der Waals surface area (Å²) in [6.07, 6.45) is 0. The third-order valence-corrected chi connectivity index (χ3v) is 5.09. The van der Waals surface area contributed by atoms with E-state index in [2.05, 4.69) is 15.5 Å². The van der Waals surface area contributed by atoms with Crippen LogP contribution >= 0.6 is 0 Å². The van der Waals surface area contributed by atoms with Gasteiger partial charge in [0.25, 0.3) is 5.91 Å². The Morgan fingerprint density at radius 3 is 2.16 bits per heavy atom. The first-order valence-corrected chi connectivity index (χ1v) is 10.1. The number of nitrogens with one attached hydrogen (secondary N) is 1. The molecule has 1 atom stereocenters. The number of carbonyl (C=O) groups excluding carboxylic acids is 1. The Balaban J connectivity index is 1.48. The van der Waals surface area contributed by atoms with Gasteiger partial charge >= 0.3 is 0 Å². The van der Waals surface area contributed by atoms with Crippen LogP contribution in [0.25, 0.3) is 22.9 Å². The van der Waals surface area contributed by atoms with Crippen molar-refractivity contribution in [3.05, 3.63) is 83.9 Å². The van der Waals surface area contributed by atoms with Gasteiger partial charge in [0.1, 0.15) is 11.5 Å². The Kier molecular flexibility index (Phi) is 6.17. The Morgan fingerprint density at radius 1 is 0.875 bits per heavy atom. The summed E-state index contributed by atoms with van der Waals surface area (Å²) in [5.41, 5.74) is 2.93. The highest BCUT2D eigenvalue weighted by molar-refractivity contribution is 5.94. The van der Waals surface area contributed by atoms with Gasteiger partial charge in [-0.2, -0.15) is 0 Å². The predicted molar refractivity (Wildman–Crippen MR) is 121 cm³/mol. The second-order valence-corrected chi connectivity index (χ2v) is 7.16. The van der Waals surface area contributed by atoms with Crippen molar-refractivity contribution in [3.8, 4) is 34.4 Å². The number of methoxy groups -OCH3 is 2. The average molecular weight is 429 g/mol. The van der Waals surface area contributed by atoms with E-state index >= 15 is 0 Å². The molecule has 32 heavy (non-hydrogen) atoms. The molecule has 1 amide bonds. The van der Waals surface area contributed by atoms with E-state index in [0.717, 1.165) is 16.7 Å². The summed E-state index contributed by atoms with van der Waals surface area (Å²) < 4.78 is 16.5. The number of benzene rings is 3. The molecule has 0 aliphatic carbocycles. The number of amides is 1. The van der Waals surface area contributed by atoms with Crippen molar-refractivity contribution in [1.29, 1.82) is 0 Å². The van der Waals surface area contributed by atoms with Gasteiger partial charge in [-0.3, -0.25) is 4.79 Å². The number of rotatable bonds is 7. The molecule has 0 spiro atoms. The third kappa shape index (κ3) is 4.46. The van der Waals surface area contributed by atoms with Crippen LogP contribution in [0.15, 0.2) is 77.2 Å². The average Bonchev–Trinajstić information content (AvgIpc) is 3.34. The van der Waals surface area contributed by atoms with E-state index in [1.165, 1.54) is 0 Å². The van der Waals surface area contributed by atoms with Gasteiger partial charge in [-0.25, -0.2) is 0 Å². The molecular weight excluding hydrogens is 406 g/mol. The first kappa shape index (κ1) is 21.1. The van der Waals surface area contributed by atoms with E-state index in [0.29, 0.717) is 28.8 Å². The van der Waals surface area contributed by atoms with Crippen molar-refractivity contribution in [2.75, 3.05) is 14.2 Å². The zero-order valence-electron chi connectivity index (χ0n) is 18.0. The normalized spacial score (nSPS) is 11.6. The van der Waals surface area contributed by atoms with Crippen LogP contribution in [0.5, 0.6) is 11.5 Å². The highest BCUT2D eigenvalue weighted by atomic mass is 16.5. The molecule has 1 heterocycles. The lowest BCUT2D eigenvalue weighted by molar-refractivity contribution is 0.0939. The maximum atomic E-state index is 12.8.